The first-order valence-electron chi connectivity index (χ1n) is 8.26. The number of benzene rings is 2. The van der Waals surface area contributed by atoms with Crippen molar-refractivity contribution in [3.8, 4) is 0 Å². The zero-order valence-corrected chi connectivity index (χ0v) is 16.0. The van der Waals surface area contributed by atoms with Gasteiger partial charge in [0, 0.05) is 29.4 Å². The number of hydrogen-bond donors (Lipinski definition) is 2. The van der Waals surface area contributed by atoms with Crippen molar-refractivity contribution in [1.29, 1.82) is 0 Å². The van der Waals surface area contributed by atoms with E-state index in [1.807, 2.05) is 13.8 Å². The molecular weight excluding hydrogens is 370 g/mol. The van der Waals surface area contributed by atoms with Gasteiger partial charge in [0.1, 0.15) is 0 Å². The fraction of sp³-hybridized carbons (Fsp3) is 0.278. The Labute approximate surface area is 157 Å². The van der Waals surface area contributed by atoms with Crippen molar-refractivity contribution >= 4 is 27.3 Å². The van der Waals surface area contributed by atoms with Crippen molar-refractivity contribution in [3.05, 3.63) is 63.7 Å². The molecule has 0 saturated carbocycles. The number of anilines is 1. The zero-order chi connectivity index (χ0) is 20.2. The van der Waals surface area contributed by atoms with E-state index >= 15 is 0 Å². The highest BCUT2D eigenvalue weighted by atomic mass is 32.2. The lowest BCUT2D eigenvalue weighted by atomic mass is 10.2. The summed E-state index contributed by atoms with van der Waals surface area (Å²) in [6.45, 7) is 6.03. The van der Waals surface area contributed by atoms with E-state index in [4.69, 9.17) is 0 Å². The fourth-order valence-electron chi connectivity index (χ4n) is 2.26. The second kappa shape index (κ2) is 8.17. The van der Waals surface area contributed by atoms with Crippen LogP contribution in [0.15, 0.2) is 47.4 Å². The average Bonchev–Trinajstić information content (AvgIpc) is 2.59. The van der Waals surface area contributed by atoms with Crippen LogP contribution in [0.2, 0.25) is 0 Å². The number of carbonyl (C=O) groups is 1. The molecule has 0 aliphatic rings. The van der Waals surface area contributed by atoms with Crippen LogP contribution in [0.1, 0.15) is 29.8 Å². The van der Waals surface area contributed by atoms with E-state index in [2.05, 4.69) is 10.0 Å². The monoisotopic (exact) mass is 391 g/mol. The molecular formula is C18H21N3O5S. The predicted molar refractivity (Wildman–Crippen MR) is 102 cm³/mol. The highest BCUT2D eigenvalue weighted by Crippen LogP contribution is 2.24. The molecule has 0 aromatic heterocycles. The number of aryl methyl sites for hydroxylation is 1. The van der Waals surface area contributed by atoms with Gasteiger partial charge < -0.3 is 5.32 Å². The maximum absolute atomic E-state index is 12.5. The standard InChI is InChI=1S/C18H21N3O5S/c1-12(2)11-19-18(22)14-5-7-15(8-6-14)20-27(25,26)16-9-4-13(3)17(10-16)21(23)24/h4-10,12,20H,11H2,1-3H3,(H,19,22). The Morgan fingerprint density at radius 3 is 2.33 bits per heavy atom. The normalized spacial score (nSPS) is 11.3. The molecule has 2 rings (SSSR count). The molecule has 27 heavy (non-hydrogen) atoms. The van der Waals surface area contributed by atoms with Gasteiger partial charge in [-0.15, -0.1) is 0 Å². The van der Waals surface area contributed by atoms with Gasteiger partial charge in [0.15, 0.2) is 0 Å². The van der Waals surface area contributed by atoms with Crippen LogP contribution >= 0.6 is 0 Å². The third-order valence-electron chi connectivity index (χ3n) is 3.76. The molecule has 0 unspecified atom stereocenters. The number of nitrogens with zero attached hydrogens (tertiary/aromatic N) is 1. The van der Waals surface area contributed by atoms with Gasteiger partial charge in [0.2, 0.25) is 0 Å². The molecule has 9 heteroatoms. The van der Waals surface area contributed by atoms with Crippen molar-refractivity contribution in [2.75, 3.05) is 11.3 Å². The highest BCUT2D eigenvalue weighted by molar-refractivity contribution is 7.92. The van der Waals surface area contributed by atoms with Gasteiger partial charge in [-0.25, -0.2) is 8.42 Å². The summed E-state index contributed by atoms with van der Waals surface area (Å²) in [5.74, 6) is 0.0749. The third kappa shape index (κ3) is 5.27. The van der Waals surface area contributed by atoms with Crippen LogP contribution in [0.25, 0.3) is 0 Å². The number of carbonyl (C=O) groups excluding carboxylic acids is 1. The van der Waals surface area contributed by atoms with Crippen molar-refractivity contribution < 1.29 is 18.1 Å². The highest BCUT2D eigenvalue weighted by Gasteiger charge is 2.20. The topological polar surface area (TPSA) is 118 Å². The maximum atomic E-state index is 12.5. The van der Waals surface area contributed by atoms with Gasteiger partial charge in [-0.2, -0.15) is 0 Å². The van der Waals surface area contributed by atoms with E-state index in [1.54, 1.807) is 0 Å². The molecule has 144 valence electrons. The second-order valence-electron chi connectivity index (χ2n) is 6.49. The smallest absolute Gasteiger partial charge is 0.273 e. The van der Waals surface area contributed by atoms with E-state index in [9.17, 15) is 23.3 Å². The summed E-state index contributed by atoms with van der Waals surface area (Å²) in [5.41, 5.74) is 0.758. The average molecular weight is 391 g/mol. The summed E-state index contributed by atoms with van der Waals surface area (Å²) in [7, 11) is -4.00. The second-order valence-corrected chi connectivity index (χ2v) is 8.17. The SMILES string of the molecule is Cc1ccc(S(=O)(=O)Nc2ccc(C(=O)NCC(C)C)cc2)cc1[N+](=O)[O-]. The predicted octanol–water partition coefficient (Wildman–Crippen LogP) is 3.09. The largest absolute Gasteiger partial charge is 0.352 e. The Hall–Kier alpha value is -2.94. The number of nitrogens with one attached hydrogen (secondary N) is 2. The Morgan fingerprint density at radius 1 is 1.15 bits per heavy atom. The molecule has 2 aromatic rings. The minimum absolute atomic E-state index is 0.210. The number of nitro benzene ring substituents is 1. The molecule has 0 atom stereocenters. The zero-order valence-electron chi connectivity index (χ0n) is 15.2. The molecule has 0 heterocycles. The van der Waals surface area contributed by atoms with Gasteiger partial charge in [-0.05, 0) is 43.2 Å². The van der Waals surface area contributed by atoms with E-state index in [1.165, 1.54) is 43.3 Å². The molecule has 0 aliphatic carbocycles. The molecule has 0 bridgehead atoms. The molecule has 2 aromatic carbocycles. The maximum Gasteiger partial charge on any atom is 0.273 e. The number of hydrogen-bond acceptors (Lipinski definition) is 5. The molecule has 0 fully saturated rings. The Morgan fingerprint density at radius 2 is 1.78 bits per heavy atom. The molecule has 0 saturated heterocycles. The van der Waals surface area contributed by atoms with Crippen molar-refractivity contribution in [3.63, 3.8) is 0 Å². The summed E-state index contributed by atoms with van der Waals surface area (Å²) in [6, 6.07) is 9.64. The molecule has 0 spiro atoms. The first kappa shape index (κ1) is 20.4. The Bertz CT molecular complexity index is 953. The summed E-state index contributed by atoms with van der Waals surface area (Å²) >= 11 is 0. The van der Waals surface area contributed by atoms with Gasteiger partial charge in [0.05, 0.1) is 9.82 Å². The Kier molecular flexibility index (Phi) is 6.17. The van der Waals surface area contributed by atoms with E-state index < -0.39 is 14.9 Å². The quantitative estimate of drug-likeness (QED) is 0.555. The number of nitro groups is 1. The van der Waals surface area contributed by atoms with E-state index in [0.717, 1.165) is 6.07 Å². The summed E-state index contributed by atoms with van der Waals surface area (Å²) in [4.78, 5) is 22.2. The molecule has 8 nitrogen and oxygen atoms in total. The van der Waals surface area contributed by atoms with Crippen molar-refractivity contribution in [2.45, 2.75) is 25.7 Å². The minimum atomic E-state index is -4.00. The summed E-state index contributed by atoms with van der Waals surface area (Å²) < 4.78 is 27.3. The van der Waals surface area contributed by atoms with Crippen LogP contribution in [-0.2, 0) is 10.0 Å². The molecule has 0 aliphatic heterocycles. The molecule has 2 N–H and O–H groups in total. The summed E-state index contributed by atoms with van der Waals surface area (Å²) in [5, 5.41) is 13.8. The van der Waals surface area contributed by atoms with Crippen molar-refractivity contribution in [1.82, 2.24) is 5.32 Å². The molecule has 1 amide bonds. The minimum Gasteiger partial charge on any atom is -0.352 e. The van der Waals surface area contributed by atoms with Crippen molar-refractivity contribution in [2.24, 2.45) is 5.92 Å². The van der Waals surface area contributed by atoms with Gasteiger partial charge in [0.25, 0.3) is 21.6 Å². The van der Waals surface area contributed by atoms with Crippen LogP contribution in [0.3, 0.4) is 0 Å². The lowest BCUT2D eigenvalue weighted by molar-refractivity contribution is -0.385. The van der Waals surface area contributed by atoms with Gasteiger partial charge >= 0.3 is 0 Å². The first-order chi connectivity index (χ1) is 12.6. The van der Waals surface area contributed by atoms with Crippen LogP contribution in [0.4, 0.5) is 11.4 Å². The van der Waals surface area contributed by atoms with E-state index in [0.29, 0.717) is 23.6 Å². The van der Waals surface area contributed by atoms with Crippen LogP contribution in [0, 0.1) is 23.0 Å². The molecule has 0 radical (unpaired) electrons. The third-order valence-corrected chi connectivity index (χ3v) is 5.14. The lowest BCUT2D eigenvalue weighted by Gasteiger charge is -2.10. The first-order valence-corrected chi connectivity index (χ1v) is 9.74. The van der Waals surface area contributed by atoms with Crippen LogP contribution in [-0.4, -0.2) is 25.8 Å². The van der Waals surface area contributed by atoms with Gasteiger partial charge in [-0.3, -0.25) is 19.6 Å². The number of amides is 1. The fourth-order valence-corrected chi connectivity index (χ4v) is 3.33. The lowest BCUT2D eigenvalue weighted by Crippen LogP contribution is -2.27. The van der Waals surface area contributed by atoms with E-state index in [-0.39, 0.29) is 22.2 Å². The number of sulfonamides is 1. The Balaban J connectivity index is 2.17. The summed E-state index contributed by atoms with van der Waals surface area (Å²) in [6.07, 6.45) is 0. The number of rotatable bonds is 7. The van der Waals surface area contributed by atoms with Gasteiger partial charge in [-0.1, -0.05) is 19.9 Å². The van der Waals surface area contributed by atoms with Crippen LogP contribution in [0.5, 0.6) is 0 Å². The van der Waals surface area contributed by atoms with Crippen LogP contribution < -0.4 is 10.0 Å².